The Morgan fingerprint density at radius 1 is 1.31 bits per heavy atom. The molecule has 0 aromatic rings. The highest BCUT2D eigenvalue weighted by Crippen LogP contribution is 2.31. The van der Waals surface area contributed by atoms with Gasteiger partial charge in [0.25, 0.3) is 0 Å². The summed E-state index contributed by atoms with van der Waals surface area (Å²) in [6.45, 7) is 4.65. The standard InChI is InChI=1S/C13H24/c1-3-4-5-6-9-12(2)13-10-7-8-11-13/h6,9,12-13H,3-5,7-8,10-11H2,1-2H3/b9-6-/t12-/m1/s1. The highest BCUT2D eigenvalue weighted by Gasteiger charge is 2.18. The van der Waals surface area contributed by atoms with Gasteiger partial charge in [-0.25, -0.2) is 0 Å². The molecule has 1 rings (SSSR count). The lowest BCUT2D eigenvalue weighted by atomic mass is 9.92. The molecule has 0 radical (unpaired) electrons. The Kier molecular flexibility index (Phi) is 5.19. The van der Waals surface area contributed by atoms with Gasteiger partial charge in [0, 0.05) is 0 Å². The highest BCUT2D eigenvalue weighted by molar-refractivity contribution is 4.90. The summed E-state index contributed by atoms with van der Waals surface area (Å²) in [7, 11) is 0. The van der Waals surface area contributed by atoms with E-state index in [1.807, 2.05) is 0 Å². The predicted molar refractivity (Wildman–Crippen MR) is 59.8 cm³/mol. The Morgan fingerprint density at radius 2 is 2.00 bits per heavy atom. The van der Waals surface area contributed by atoms with Crippen LogP contribution in [0.4, 0.5) is 0 Å². The minimum atomic E-state index is 0.833. The molecule has 0 amide bonds. The molecule has 0 heterocycles. The van der Waals surface area contributed by atoms with Crippen molar-refractivity contribution >= 4 is 0 Å². The summed E-state index contributed by atoms with van der Waals surface area (Å²) in [5.74, 6) is 1.83. The van der Waals surface area contributed by atoms with Gasteiger partial charge in [-0.1, -0.05) is 51.7 Å². The van der Waals surface area contributed by atoms with Crippen molar-refractivity contribution in [1.29, 1.82) is 0 Å². The number of allylic oxidation sites excluding steroid dienone is 2. The van der Waals surface area contributed by atoms with E-state index >= 15 is 0 Å². The normalized spacial score (nSPS) is 21.4. The maximum absolute atomic E-state index is 2.45. The van der Waals surface area contributed by atoms with Gasteiger partial charge in [0.1, 0.15) is 0 Å². The maximum atomic E-state index is 2.45. The quantitative estimate of drug-likeness (QED) is 0.430. The van der Waals surface area contributed by atoms with Gasteiger partial charge in [-0.05, 0) is 31.1 Å². The van der Waals surface area contributed by atoms with Crippen LogP contribution in [0.3, 0.4) is 0 Å². The van der Waals surface area contributed by atoms with Gasteiger partial charge in [-0.2, -0.15) is 0 Å². The second kappa shape index (κ2) is 6.23. The summed E-state index contributed by atoms with van der Waals surface area (Å²) >= 11 is 0. The zero-order valence-electron chi connectivity index (χ0n) is 9.26. The molecule has 1 aliphatic rings. The molecule has 1 fully saturated rings. The van der Waals surface area contributed by atoms with Crippen LogP contribution < -0.4 is 0 Å². The van der Waals surface area contributed by atoms with Crippen molar-refractivity contribution in [3.63, 3.8) is 0 Å². The van der Waals surface area contributed by atoms with E-state index in [4.69, 9.17) is 0 Å². The van der Waals surface area contributed by atoms with Crippen molar-refractivity contribution in [3.05, 3.63) is 12.2 Å². The van der Waals surface area contributed by atoms with E-state index in [1.165, 1.54) is 44.9 Å². The lowest BCUT2D eigenvalue weighted by Gasteiger charge is -2.14. The van der Waals surface area contributed by atoms with Crippen LogP contribution in [0.1, 0.15) is 58.8 Å². The number of unbranched alkanes of at least 4 members (excludes halogenated alkanes) is 2. The molecule has 13 heavy (non-hydrogen) atoms. The molecule has 0 aromatic carbocycles. The Balaban J connectivity index is 2.15. The topological polar surface area (TPSA) is 0 Å². The predicted octanol–water partition coefficient (Wildman–Crippen LogP) is 4.56. The summed E-state index contributed by atoms with van der Waals surface area (Å²) in [6.07, 6.45) is 14.7. The van der Waals surface area contributed by atoms with Crippen LogP contribution in [0, 0.1) is 11.8 Å². The van der Waals surface area contributed by atoms with Gasteiger partial charge in [0.15, 0.2) is 0 Å². The molecule has 0 aromatic heterocycles. The monoisotopic (exact) mass is 180 g/mol. The van der Waals surface area contributed by atoms with E-state index in [-0.39, 0.29) is 0 Å². The van der Waals surface area contributed by atoms with E-state index in [9.17, 15) is 0 Å². The van der Waals surface area contributed by atoms with Crippen molar-refractivity contribution in [3.8, 4) is 0 Å². The number of hydrogen-bond acceptors (Lipinski definition) is 0. The first-order valence-electron chi connectivity index (χ1n) is 6.01. The van der Waals surface area contributed by atoms with Crippen LogP contribution in [-0.4, -0.2) is 0 Å². The zero-order chi connectivity index (χ0) is 9.52. The third-order valence-electron chi connectivity index (χ3n) is 3.31. The molecule has 0 heteroatoms. The molecular weight excluding hydrogens is 156 g/mol. The van der Waals surface area contributed by atoms with Crippen LogP contribution in [0.5, 0.6) is 0 Å². The van der Waals surface area contributed by atoms with E-state index in [1.54, 1.807) is 0 Å². The molecule has 0 saturated heterocycles. The minimum Gasteiger partial charge on any atom is -0.0883 e. The van der Waals surface area contributed by atoms with Crippen LogP contribution in [-0.2, 0) is 0 Å². The van der Waals surface area contributed by atoms with Gasteiger partial charge in [-0.3, -0.25) is 0 Å². The molecule has 0 nitrogen and oxygen atoms in total. The molecule has 0 bridgehead atoms. The van der Waals surface area contributed by atoms with Crippen molar-refractivity contribution in [2.24, 2.45) is 11.8 Å². The largest absolute Gasteiger partial charge is 0.0883 e. The van der Waals surface area contributed by atoms with Gasteiger partial charge in [0.2, 0.25) is 0 Å². The highest BCUT2D eigenvalue weighted by atomic mass is 14.2. The fraction of sp³-hybridized carbons (Fsp3) is 0.846. The Morgan fingerprint density at radius 3 is 2.62 bits per heavy atom. The first-order chi connectivity index (χ1) is 6.34. The Hall–Kier alpha value is -0.260. The summed E-state index contributed by atoms with van der Waals surface area (Å²) in [6, 6.07) is 0. The van der Waals surface area contributed by atoms with Crippen molar-refractivity contribution in [2.75, 3.05) is 0 Å². The Bertz CT molecular complexity index is 140. The van der Waals surface area contributed by atoms with Crippen molar-refractivity contribution in [2.45, 2.75) is 58.8 Å². The molecular formula is C13H24. The molecule has 0 spiro atoms. The molecule has 0 aliphatic heterocycles. The molecule has 0 N–H and O–H groups in total. The fourth-order valence-corrected chi connectivity index (χ4v) is 2.27. The second-order valence-corrected chi connectivity index (χ2v) is 4.47. The SMILES string of the molecule is CCCC/C=C\[C@@H](C)C1CCCC1. The van der Waals surface area contributed by atoms with Crippen LogP contribution >= 0.6 is 0 Å². The van der Waals surface area contributed by atoms with Gasteiger partial charge >= 0.3 is 0 Å². The third kappa shape index (κ3) is 3.97. The van der Waals surface area contributed by atoms with E-state index in [0.717, 1.165) is 11.8 Å². The average molecular weight is 180 g/mol. The van der Waals surface area contributed by atoms with Gasteiger partial charge in [0.05, 0.1) is 0 Å². The molecule has 1 aliphatic carbocycles. The smallest absolute Gasteiger partial charge is 0.0234 e. The summed E-state index contributed by atoms with van der Waals surface area (Å²) < 4.78 is 0. The third-order valence-corrected chi connectivity index (χ3v) is 3.31. The maximum Gasteiger partial charge on any atom is -0.0234 e. The van der Waals surface area contributed by atoms with Crippen molar-refractivity contribution in [1.82, 2.24) is 0 Å². The first-order valence-corrected chi connectivity index (χ1v) is 6.01. The lowest BCUT2D eigenvalue weighted by Crippen LogP contribution is -2.03. The Labute approximate surface area is 83.4 Å². The van der Waals surface area contributed by atoms with Gasteiger partial charge in [-0.15, -0.1) is 0 Å². The molecule has 76 valence electrons. The van der Waals surface area contributed by atoms with E-state index < -0.39 is 0 Å². The molecule has 1 saturated carbocycles. The molecule has 1 atom stereocenters. The zero-order valence-corrected chi connectivity index (χ0v) is 9.26. The average Bonchev–Trinajstić information content (AvgIpc) is 2.65. The fourth-order valence-electron chi connectivity index (χ4n) is 2.27. The van der Waals surface area contributed by atoms with Crippen LogP contribution in [0.15, 0.2) is 12.2 Å². The first kappa shape index (κ1) is 10.8. The van der Waals surface area contributed by atoms with E-state index in [0.29, 0.717) is 0 Å². The lowest BCUT2D eigenvalue weighted by molar-refractivity contribution is 0.433. The van der Waals surface area contributed by atoms with E-state index in [2.05, 4.69) is 26.0 Å². The summed E-state index contributed by atoms with van der Waals surface area (Å²) in [5.41, 5.74) is 0. The number of rotatable bonds is 5. The summed E-state index contributed by atoms with van der Waals surface area (Å²) in [5, 5.41) is 0. The second-order valence-electron chi connectivity index (χ2n) is 4.47. The molecule has 0 unspecified atom stereocenters. The minimum absolute atomic E-state index is 0.833. The van der Waals surface area contributed by atoms with Crippen LogP contribution in [0.2, 0.25) is 0 Å². The number of hydrogen-bond donors (Lipinski definition) is 0. The van der Waals surface area contributed by atoms with Gasteiger partial charge < -0.3 is 0 Å². The summed E-state index contributed by atoms with van der Waals surface area (Å²) in [4.78, 5) is 0. The van der Waals surface area contributed by atoms with Crippen LogP contribution in [0.25, 0.3) is 0 Å². The van der Waals surface area contributed by atoms with Crippen molar-refractivity contribution < 1.29 is 0 Å².